The average molecular weight is 180 g/mol. The van der Waals surface area contributed by atoms with Gasteiger partial charge in [-0.2, -0.15) is 0 Å². The van der Waals surface area contributed by atoms with Crippen molar-refractivity contribution in [2.75, 3.05) is 7.11 Å². The van der Waals surface area contributed by atoms with E-state index in [-0.39, 0.29) is 11.9 Å². The van der Waals surface area contributed by atoms with E-state index >= 15 is 0 Å². The molecule has 1 unspecified atom stereocenters. The molecule has 0 bridgehead atoms. The highest BCUT2D eigenvalue weighted by Crippen LogP contribution is 2.27. The highest BCUT2D eigenvalue weighted by atomic mass is 16.5. The Morgan fingerprint density at radius 1 is 1.77 bits per heavy atom. The number of esters is 1. The van der Waals surface area contributed by atoms with Crippen molar-refractivity contribution in [1.82, 2.24) is 9.55 Å². The summed E-state index contributed by atoms with van der Waals surface area (Å²) in [5, 5.41) is 0. The van der Waals surface area contributed by atoms with Gasteiger partial charge < -0.3 is 9.30 Å². The van der Waals surface area contributed by atoms with Gasteiger partial charge >= 0.3 is 5.97 Å². The van der Waals surface area contributed by atoms with Crippen molar-refractivity contribution in [2.45, 2.75) is 25.3 Å². The van der Waals surface area contributed by atoms with Crippen molar-refractivity contribution in [3.8, 4) is 0 Å². The van der Waals surface area contributed by atoms with Crippen LogP contribution in [0.2, 0.25) is 0 Å². The Hall–Kier alpha value is -1.32. The normalized spacial score (nSPS) is 20.8. The number of imidazole rings is 1. The summed E-state index contributed by atoms with van der Waals surface area (Å²) in [5.74, 6) is -0.261. The zero-order chi connectivity index (χ0) is 9.26. The van der Waals surface area contributed by atoms with Crippen molar-refractivity contribution in [3.05, 3.63) is 18.2 Å². The second kappa shape index (κ2) is 3.20. The van der Waals surface area contributed by atoms with E-state index in [4.69, 9.17) is 4.74 Å². The first-order valence-electron chi connectivity index (χ1n) is 4.41. The highest BCUT2D eigenvalue weighted by molar-refractivity contribution is 5.77. The zero-order valence-electron chi connectivity index (χ0n) is 7.56. The van der Waals surface area contributed by atoms with Crippen LogP contribution in [0.1, 0.15) is 24.5 Å². The van der Waals surface area contributed by atoms with Crippen LogP contribution >= 0.6 is 0 Å². The number of ether oxygens (including phenoxy) is 1. The molecule has 0 amide bonds. The molecule has 0 aromatic carbocycles. The van der Waals surface area contributed by atoms with Crippen LogP contribution in [0.3, 0.4) is 0 Å². The Morgan fingerprint density at radius 3 is 3.38 bits per heavy atom. The first-order chi connectivity index (χ1) is 6.33. The van der Waals surface area contributed by atoms with Crippen molar-refractivity contribution in [2.24, 2.45) is 0 Å². The van der Waals surface area contributed by atoms with Crippen molar-refractivity contribution < 1.29 is 9.53 Å². The number of aromatic nitrogens is 2. The van der Waals surface area contributed by atoms with E-state index in [1.54, 1.807) is 12.5 Å². The van der Waals surface area contributed by atoms with Crippen LogP contribution in [0, 0.1) is 0 Å². The van der Waals surface area contributed by atoms with E-state index in [0.29, 0.717) is 0 Å². The Balaban J connectivity index is 2.30. The molecule has 0 saturated heterocycles. The van der Waals surface area contributed by atoms with Gasteiger partial charge in [-0.25, -0.2) is 4.98 Å². The predicted molar refractivity (Wildman–Crippen MR) is 46.2 cm³/mol. The van der Waals surface area contributed by atoms with E-state index in [1.165, 1.54) is 7.11 Å². The Labute approximate surface area is 76.5 Å². The minimum Gasteiger partial charge on any atom is -0.469 e. The molecule has 0 N–H and O–H groups in total. The molecule has 1 aliphatic rings. The topological polar surface area (TPSA) is 44.1 Å². The quantitative estimate of drug-likeness (QED) is 0.604. The number of rotatable bonds is 1. The molecule has 2 rings (SSSR count). The van der Waals surface area contributed by atoms with Gasteiger partial charge in [0.15, 0.2) is 0 Å². The first-order valence-corrected chi connectivity index (χ1v) is 4.41. The second-order valence-electron chi connectivity index (χ2n) is 3.23. The van der Waals surface area contributed by atoms with Crippen LogP contribution in [-0.4, -0.2) is 22.6 Å². The van der Waals surface area contributed by atoms with E-state index in [9.17, 15) is 4.79 Å². The molecule has 0 fully saturated rings. The molecule has 0 saturated carbocycles. The fraction of sp³-hybridized carbons (Fsp3) is 0.556. The molecule has 0 aliphatic carbocycles. The van der Waals surface area contributed by atoms with Gasteiger partial charge in [-0.1, -0.05) is 0 Å². The minimum atomic E-state index is -0.151. The molecule has 1 aromatic rings. The van der Waals surface area contributed by atoms with Crippen LogP contribution in [0.25, 0.3) is 0 Å². The fourth-order valence-corrected chi connectivity index (χ4v) is 1.80. The number of hydrogen-bond acceptors (Lipinski definition) is 3. The highest BCUT2D eigenvalue weighted by Gasteiger charge is 2.27. The van der Waals surface area contributed by atoms with Gasteiger partial charge in [-0.15, -0.1) is 0 Å². The molecule has 4 heteroatoms. The smallest absolute Gasteiger partial charge is 0.314 e. The van der Waals surface area contributed by atoms with Crippen LogP contribution < -0.4 is 0 Å². The predicted octanol–water partition coefficient (Wildman–Crippen LogP) is 0.933. The maximum absolute atomic E-state index is 11.4. The van der Waals surface area contributed by atoms with Gasteiger partial charge in [0, 0.05) is 12.7 Å². The summed E-state index contributed by atoms with van der Waals surface area (Å²) in [4.78, 5) is 15.4. The molecule has 4 nitrogen and oxygen atoms in total. The molecule has 1 aromatic heterocycles. The SMILES string of the molecule is COC(=O)C1CCCn2cncc21. The molecule has 13 heavy (non-hydrogen) atoms. The number of nitrogens with zero attached hydrogens (tertiary/aromatic N) is 2. The van der Waals surface area contributed by atoms with E-state index in [2.05, 4.69) is 4.98 Å². The average Bonchev–Trinajstić information content (AvgIpc) is 2.63. The number of carbonyl (C=O) groups excluding carboxylic acids is 1. The lowest BCUT2D eigenvalue weighted by atomic mass is 9.97. The van der Waals surface area contributed by atoms with E-state index in [0.717, 1.165) is 25.1 Å². The molecule has 70 valence electrons. The largest absolute Gasteiger partial charge is 0.469 e. The number of aryl methyl sites for hydroxylation is 1. The molecule has 1 atom stereocenters. The summed E-state index contributed by atoms with van der Waals surface area (Å²) >= 11 is 0. The van der Waals surface area contributed by atoms with Crippen LogP contribution in [0.15, 0.2) is 12.5 Å². The third-order valence-electron chi connectivity index (χ3n) is 2.48. The summed E-state index contributed by atoms with van der Waals surface area (Å²) in [6, 6.07) is 0. The standard InChI is InChI=1S/C9H12N2O2/c1-13-9(12)7-3-2-4-11-6-10-5-8(7)11/h5-7H,2-4H2,1H3. The van der Waals surface area contributed by atoms with Crippen LogP contribution in [0.4, 0.5) is 0 Å². The maximum Gasteiger partial charge on any atom is 0.314 e. The Bertz CT molecular complexity index is 319. The van der Waals surface area contributed by atoms with Gasteiger partial charge in [0.1, 0.15) is 0 Å². The summed E-state index contributed by atoms with van der Waals surface area (Å²) < 4.78 is 6.75. The Morgan fingerprint density at radius 2 is 2.62 bits per heavy atom. The van der Waals surface area contributed by atoms with Crippen molar-refractivity contribution >= 4 is 5.97 Å². The van der Waals surface area contributed by atoms with Gasteiger partial charge in [-0.05, 0) is 12.8 Å². The van der Waals surface area contributed by atoms with Gasteiger partial charge in [0.25, 0.3) is 0 Å². The Kier molecular flexibility index (Phi) is 2.04. The van der Waals surface area contributed by atoms with Gasteiger partial charge in [0.2, 0.25) is 0 Å². The molecular weight excluding hydrogens is 168 g/mol. The molecule has 1 aliphatic heterocycles. The van der Waals surface area contributed by atoms with Gasteiger partial charge in [0.05, 0.1) is 25.0 Å². The number of hydrogen-bond donors (Lipinski definition) is 0. The molecule has 0 radical (unpaired) electrons. The molecular formula is C9H12N2O2. The fourth-order valence-electron chi connectivity index (χ4n) is 1.80. The number of methoxy groups -OCH3 is 1. The third-order valence-corrected chi connectivity index (χ3v) is 2.48. The first kappa shape index (κ1) is 8.29. The van der Waals surface area contributed by atoms with E-state index < -0.39 is 0 Å². The van der Waals surface area contributed by atoms with Crippen molar-refractivity contribution in [1.29, 1.82) is 0 Å². The van der Waals surface area contributed by atoms with Crippen molar-refractivity contribution in [3.63, 3.8) is 0 Å². The maximum atomic E-state index is 11.4. The van der Waals surface area contributed by atoms with E-state index in [1.807, 2.05) is 4.57 Å². The summed E-state index contributed by atoms with van der Waals surface area (Å²) in [7, 11) is 1.43. The molecule has 2 heterocycles. The summed E-state index contributed by atoms with van der Waals surface area (Å²) in [6.07, 6.45) is 5.41. The third kappa shape index (κ3) is 1.32. The van der Waals surface area contributed by atoms with Gasteiger partial charge in [-0.3, -0.25) is 4.79 Å². The summed E-state index contributed by atoms with van der Waals surface area (Å²) in [5.41, 5.74) is 0.984. The lowest BCUT2D eigenvalue weighted by molar-refractivity contribution is -0.143. The van der Waals surface area contributed by atoms with Crippen LogP contribution in [0.5, 0.6) is 0 Å². The lowest BCUT2D eigenvalue weighted by Gasteiger charge is -2.21. The lowest BCUT2D eigenvalue weighted by Crippen LogP contribution is -2.22. The zero-order valence-corrected chi connectivity index (χ0v) is 7.56. The molecule has 0 spiro atoms. The second-order valence-corrected chi connectivity index (χ2v) is 3.23. The summed E-state index contributed by atoms with van der Waals surface area (Å²) in [6.45, 7) is 0.961. The number of fused-ring (bicyclic) bond motifs is 1. The monoisotopic (exact) mass is 180 g/mol. The van der Waals surface area contributed by atoms with Crippen LogP contribution in [-0.2, 0) is 16.1 Å². The number of carbonyl (C=O) groups is 1. The minimum absolute atomic E-state index is 0.110.